The van der Waals surface area contributed by atoms with Crippen LogP contribution >= 0.6 is 0 Å². The first-order valence-corrected chi connectivity index (χ1v) is 16.5. The number of imidazole rings is 1. The standard InChI is InChI=1S/C30H40F2N6O6S/c1-18(2)15-22-21(12-13-33-45(41,42)17-25(39)44-30(3,4)5)34-28(35-22)27-23(16-38(37-27)24-11-6-7-14-43-24)36-29(40)26-19(31)9-8-10-20(26)32/h8-10,16,18,24,33H,6-7,11-15,17H2,1-5H3,(H,34,35)(H,36,40). The van der Waals surface area contributed by atoms with Crippen molar-refractivity contribution in [3.05, 3.63) is 53.0 Å². The Labute approximate surface area is 261 Å². The van der Waals surface area contributed by atoms with Crippen molar-refractivity contribution in [2.75, 3.05) is 24.2 Å². The Bertz CT molecular complexity index is 1600. The van der Waals surface area contributed by atoms with Crippen LogP contribution in [0.1, 0.15) is 81.9 Å². The highest BCUT2D eigenvalue weighted by atomic mass is 32.2. The largest absolute Gasteiger partial charge is 0.459 e. The van der Waals surface area contributed by atoms with Crippen LogP contribution in [0.5, 0.6) is 0 Å². The van der Waals surface area contributed by atoms with E-state index in [1.165, 1.54) is 12.3 Å². The first-order valence-electron chi connectivity index (χ1n) is 14.9. The number of benzene rings is 1. The van der Waals surface area contributed by atoms with Crippen LogP contribution < -0.4 is 10.0 Å². The van der Waals surface area contributed by atoms with Gasteiger partial charge in [0.05, 0.1) is 17.6 Å². The number of aromatic nitrogens is 4. The van der Waals surface area contributed by atoms with Gasteiger partial charge >= 0.3 is 5.97 Å². The summed E-state index contributed by atoms with van der Waals surface area (Å²) in [7, 11) is -3.97. The average molecular weight is 651 g/mol. The molecule has 1 fully saturated rings. The van der Waals surface area contributed by atoms with Crippen molar-refractivity contribution in [1.29, 1.82) is 0 Å². The molecular weight excluding hydrogens is 610 g/mol. The zero-order chi connectivity index (χ0) is 32.9. The summed E-state index contributed by atoms with van der Waals surface area (Å²) in [6.07, 6.45) is 4.39. The van der Waals surface area contributed by atoms with E-state index in [1.807, 2.05) is 13.8 Å². The molecule has 1 saturated heterocycles. The van der Waals surface area contributed by atoms with E-state index in [-0.39, 0.29) is 36.1 Å². The van der Waals surface area contributed by atoms with Crippen molar-refractivity contribution < 1.29 is 36.3 Å². The number of sulfonamides is 1. The molecule has 3 aromatic rings. The summed E-state index contributed by atoms with van der Waals surface area (Å²) in [5, 5.41) is 7.22. The zero-order valence-corrected chi connectivity index (χ0v) is 26.9. The number of aromatic amines is 1. The van der Waals surface area contributed by atoms with Gasteiger partial charge in [0.2, 0.25) is 10.0 Å². The topological polar surface area (TPSA) is 157 Å². The normalized spacial score (nSPS) is 15.8. The van der Waals surface area contributed by atoms with Gasteiger partial charge in [-0.25, -0.2) is 31.6 Å². The van der Waals surface area contributed by atoms with Gasteiger partial charge in [0, 0.05) is 25.3 Å². The molecule has 0 spiro atoms. The van der Waals surface area contributed by atoms with Gasteiger partial charge in [-0.1, -0.05) is 19.9 Å². The fraction of sp³-hybridized carbons (Fsp3) is 0.533. The third kappa shape index (κ3) is 9.41. The Morgan fingerprint density at radius 2 is 1.91 bits per heavy atom. The van der Waals surface area contributed by atoms with E-state index >= 15 is 0 Å². The van der Waals surface area contributed by atoms with Crippen LogP contribution in [0.3, 0.4) is 0 Å². The molecular formula is C30H40F2N6O6S. The predicted octanol–water partition coefficient (Wildman–Crippen LogP) is 4.50. The van der Waals surface area contributed by atoms with Crippen LogP contribution in [-0.4, -0.2) is 64.5 Å². The Hall–Kier alpha value is -3.69. The molecule has 1 unspecified atom stereocenters. The molecule has 4 rings (SSSR count). The lowest BCUT2D eigenvalue weighted by Crippen LogP contribution is -2.35. The van der Waals surface area contributed by atoms with Crippen LogP contribution in [-0.2, 0) is 37.1 Å². The second kappa shape index (κ2) is 14.2. The average Bonchev–Trinajstić information content (AvgIpc) is 3.51. The Kier molecular flexibility index (Phi) is 10.8. The number of amides is 1. The van der Waals surface area contributed by atoms with Crippen LogP contribution in [0, 0.1) is 17.6 Å². The highest BCUT2D eigenvalue weighted by molar-refractivity contribution is 7.90. The summed E-state index contributed by atoms with van der Waals surface area (Å²) in [6.45, 7) is 9.47. The maximum absolute atomic E-state index is 14.4. The quantitative estimate of drug-likeness (QED) is 0.242. The van der Waals surface area contributed by atoms with Crippen LogP contribution in [0.25, 0.3) is 11.5 Å². The smallest absolute Gasteiger partial charge is 0.323 e. The number of ether oxygens (including phenoxy) is 2. The number of hydrogen-bond acceptors (Lipinski definition) is 8. The van der Waals surface area contributed by atoms with Gasteiger partial charge in [0.15, 0.2) is 17.3 Å². The summed E-state index contributed by atoms with van der Waals surface area (Å²) in [4.78, 5) is 33.0. The Morgan fingerprint density at radius 1 is 1.20 bits per heavy atom. The minimum absolute atomic E-state index is 0.0406. The molecule has 1 aliphatic rings. The molecule has 0 aliphatic carbocycles. The van der Waals surface area contributed by atoms with Crippen molar-refractivity contribution in [3.63, 3.8) is 0 Å². The summed E-state index contributed by atoms with van der Waals surface area (Å²) in [5.74, 6) is -4.21. The molecule has 1 aliphatic heterocycles. The van der Waals surface area contributed by atoms with Gasteiger partial charge < -0.3 is 19.8 Å². The number of anilines is 1. The molecule has 12 nitrogen and oxygen atoms in total. The minimum Gasteiger partial charge on any atom is -0.459 e. The number of hydrogen-bond donors (Lipinski definition) is 3. The minimum atomic E-state index is -3.97. The monoisotopic (exact) mass is 650 g/mol. The SMILES string of the molecule is CC(C)Cc1[nH]c(-c2nn(C3CCCCO3)cc2NC(=O)c2c(F)cccc2F)nc1CCNS(=O)(=O)CC(=O)OC(C)(C)C. The van der Waals surface area contributed by atoms with E-state index in [4.69, 9.17) is 14.5 Å². The number of nitrogens with one attached hydrogen (secondary N) is 3. The van der Waals surface area contributed by atoms with Crippen molar-refractivity contribution in [3.8, 4) is 11.5 Å². The van der Waals surface area contributed by atoms with E-state index in [9.17, 15) is 26.8 Å². The first-order chi connectivity index (χ1) is 21.1. The summed E-state index contributed by atoms with van der Waals surface area (Å²) < 4.78 is 68.8. The van der Waals surface area contributed by atoms with Gasteiger partial charge in [-0.2, -0.15) is 5.10 Å². The second-order valence-electron chi connectivity index (χ2n) is 12.3. The third-order valence-corrected chi connectivity index (χ3v) is 7.99. The summed E-state index contributed by atoms with van der Waals surface area (Å²) in [5.41, 5.74) is 0.111. The van der Waals surface area contributed by atoms with E-state index in [2.05, 4.69) is 20.1 Å². The predicted molar refractivity (Wildman–Crippen MR) is 163 cm³/mol. The van der Waals surface area contributed by atoms with Crippen molar-refractivity contribution >= 4 is 27.6 Å². The number of H-pyrrole nitrogens is 1. The van der Waals surface area contributed by atoms with Gasteiger partial charge in [-0.3, -0.25) is 9.59 Å². The Morgan fingerprint density at radius 3 is 2.53 bits per heavy atom. The lowest BCUT2D eigenvalue weighted by Gasteiger charge is -2.22. The second-order valence-corrected chi connectivity index (χ2v) is 14.1. The highest BCUT2D eigenvalue weighted by Gasteiger charge is 2.27. The van der Waals surface area contributed by atoms with Crippen LogP contribution in [0.2, 0.25) is 0 Å². The van der Waals surface area contributed by atoms with E-state index in [0.717, 1.165) is 30.7 Å². The van der Waals surface area contributed by atoms with Gasteiger partial charge in [-0.05, 0) is 64.5 Å². The molecule has 2 aromatic heterocycles. The van der Waals surface area contributed by atoms with Crippen molar-refractivity contribution in [2.45, 2.75) is 78.6 Å². The van der Waals surface area contributed by atoms with Crippen LogP contribution in [0.15, 0.2) is 24.4 Å². The van der Waals surface area contributed by atoms with Gasteiger partial charge in [-0.15, -0.1) is 0 Å². The molecule has 0 radical (unpaired) electrons. The molecule has 45 heavy (non-hydrogen) atoms. The molecule has 0 saturated carbocycles. The fourth-order valence-electron chi connectivity index (χ4n) is 4.88. The molecule has 1 aromatic carbocycles. The maximum Gasteiger partial charge on any atom is 0.323 e. The highest BCUT2D eigenvalue weighted by Crippen LogP contribution is 2.31. The fourth-order valence-corrected chi connectivity index (χ4v) is 5.77. The van der Waals surface area contributed by atoms with E-state index in [1.54, 1.807) is 25.5 Å². The van der Waals surface area contributed by atoms with E-state index in [0.29, 0.717) is 25.1 Å². The number of carbonyl (C=O) groups is 2. The lowest BCUT2D eigenvalue weighted by molar-refractivity contribution is -0.151. The third-order valence-electron chi connectivity index (χ3n) is 6.73. The molecule has 0 bridgehead atoms. The molecule has 3 N–H and O–H groups in total. The molecule has 1 atom stereocenters. The van der Waals surface area contributed by atoms with E-state index < -0.39 is 56.7 Å². The molecule has 246 valence electrons. The number of rotatable bonds is 12. The Balaban J connectivity index is 1.61. The van der Waals surface area contributed by atoms with Gasteiger partial charge in [0.25, 0.3) is 5.91 Å². The maximum atomic E-state index is 14.4. The van der Waals surface area contributed by atoms with Crippen molar-refractivity contribution in [2.24, 2.45) is 5.92 Å². The summed E-state index contributed by atoms with van der Waals surface area (Å²) >= 11 is 0. The molecule has 15 heteroatoms. The number of esters is 1. The molecule has 3 heterocycles. The number of carbonyl (C=O) groups excluding carboxylic acids is 2. The zero-order valence-electron chi connectivity index (χ0n) is 26.1. The van der Waals surface area contributed by atoms with Crippen LogP contribution in [0.4, 0.5) is 14.5 Å². The number of nitrogens with zero attached hydrogens (tertiary/aromatic N) is 3. The van der Waals surface area contributed by atoms with Gasteiger partial charge in [0.1, 0.15) is 29.0 Å². The van der Waals surface area contributed by atoms with Crippen molar-refractivity contribution in [1.82, 2.24) is 24.5 Å². The lowest BCUT2D eigenvalue weighted by atomic mass is 10.1. The summed E-state index contributed by atoms with van der Waals surface area (Å²) in [6, 6.07) is 3.16. The number of halogens is 2. The first kappa shape index (κ1) is 34.2. The molecule has 1 amide bonds.